The highest BCUT2D eigenvalue weighted by Gasteiger charge is 2.19. The van der Waals surface area contributed by atoms with E-state index < -0.39 is 0 Å². The van der Waals surface area contributed by atoms with Crippen molar-refractivity contribution in [2.45, 2.75) is 45.1 Å². The van der Waals surface area contributed by atoms with E-state index in [0.717, 1.165) is 0 Å². The van der Waals surface area contributed by atoms with E-state index in [1.807, 2.05) is 0 Å². The lowest BCUT2D eigenvalue weighted by Crippen LogP contribution is -2.21. The lowest BCUT2D eigenvalue weighted by molar-refractivity contribution is 0.495. The van der Waals surface area contributed by atoms with Gasteiger partial charge in [-0.2, -0.15) is 0 Å². The molecular formula is C14H21N. The minimum atomic E-state index is 0.576. The number of nitrogens with one attached hydrogen (secondary N) is 1. The Morgan fingerprint density at radius 1 is 1.33 bits per heavy atom. The van der Waals surface area contributed by atoms with Crippen molar-refractivity contribution in [3.05, 3.63) is 34.9 Å². The first-order valence-electron chi connectivity index (χ1n) is 6.02. The molecule has 0 aromatic heterocycles. The highest BCUT2D eigenvalue weighted by Crippen LogP contribution is 2.31. The molecule has 0 saturated carbocycles. The molecule has 1 nitrogen and oxygen atoms in total. The second kappa shape index (κ2) is 4.36. The van der Waals surface area contributed by atoms with Gasteiger partial charge in [-0.15, -0.1) is 0 Å². The molecule has 0 amide bonds. The zero-order chi connectivity index (χ0) is 10.8. The van der Waals surface area contributed by atoms with Crippen molar-refractivity contribution >= 4 is 0 Å². The van der Waals surface area contributed by atoms with Gasteiger partial charge in [0.25, 0.3) is 0 Å². The number of hydrogen-bond donors (Lipinski definition) is 1. The molecule has 1 aliphatic rings. The summed E-state index contributed by atoms with van der Waals surface area (Å²) in [5.74, 6) is 0.634. The zero-order valence-corrected chi connectivity index (χ0v) is 10.0. The summed E-state index contributed by atoms with van der Waals surface area (Å²) >= 11 is 0. The predicted molar refractivity (Wildman–Crippen MR) is 65.3 cm³/mol. The average molecular weight is 203 g/mol. The molecule has 1 atom stereocenters. The van der Waals surface area contributed by atoms with Gasteiger partial charge in [-0.3, -0.25) is 0 Å². The van der Waals surface area contributed by atoms with Crippen molar-refractivity contribution in [3.63, 3.8) is 0 Å². The highest BCUT2D eigenvalue weighted by atomic mass is 14.9. The van der Waals surface area contributed by atoms with Gasteiger partial charge in [0.2, 0.25) is 0 Å². The van der Waals surface area contributed by atoms with Crippen LogP contribution in [0.25, 0.3) is 0 Å². The summed E-state index contributed by atoms with van der Waals surface area (Å²) in [4.78, 5) is 0. The van der Waals surface area contributed by atoms with Gasteiger partial charge in [-0.05, 0) is 48.9 Å². The summed E-state index contributed by atoms with van der Waals surface area (Å²) < 4.78 is 0. The fourth-order valence-corrected chi connectivity index (χ4v) is 2.48. The third-order valence-electron chi connectivity index (χ3n) is 3.50. The molecule has 0 aliphatic heterocycles. The van der Waals surface area contributed by atoms with E-state index >= 15 is 0 Å². The summed E-state index contributed by atoms with van der Waals surface area (Å²) in [7, 11) is 2.07. The Morgan fingerprint density at radius 3 is 2.80 bits per heavy atom. The molecular weight excluding hydrogens is 182 g/mol. The number of hydrogen-bond acceptors (Lipinski definition) is 1. The molecule has 1 aromatic rings. The number of benzene rings is 1. The van der Waals surface area contributed by atoms with Crippen LogP contribution in [0.3, 0.4) is 0 Å². The minimum Gasteiger partial charge on any atom is -0.313 e. The van der Waals surface area contributed by atoms with Crippen LogP contribution in [0.5, 0.6) is 0 Å². The van der Waals surface area contributed by atoms with E-state index in [-0.39, 0.29) is 0 Å². The van der Waals surface area contributed by atoms with Crippen LogP contribution in [-0.2, 0) is 6.42 Å². The lowest BCUT2D eigenvalue weighted by atomic mass is 9.85. The third kappa shape index (κ3) is 2.07. The average Bonchev–Trinajstić information content (AvgIpc) is 2.27. The maximum absolute atomic E-state index is 3.43. The van der Waals surface area contributed by atoms with Crippen LogP contribution in [0.4, 0.5) is 0 Å². The van der Waals surface area contributed by atoms with Gasteiger partial charge in [0, 0.05) is 6.04 Å². The van der Waals surface area contributed by atoms with E-state index in [1.165, 1.54) is 30.4 Å². The summed E-state index contributed by atoms with van der Waals surface area (Å²) in [5, 5.41) is 3.43. The maximum atomic E-state index is 3.43. The SMILES string of the molecule is CNC1CCCc2ccc(C(C)C)cc21. The molecule has 0 bridgehead atoms. The normalized spacial score (nSPS) is 20.4. The molecule has 1 aliphatic carbocycles. The highest BCUT2D eigenvalue weighted by molar-refractivity contribution is 5.37. The van der Waals surface area contributed by atoms with Crippen molar-refractivity contribution in [2.24, 2.45) is 0 Å². The van der Waals surface area contributed by atoms with E-state index in [4.69, 9.17) is 0 Å². The largest absolute Gasteiger partial charge is 0.313 e. The van der Waals surface area contributed by atoms with Crippen LogP contribution in [0.2, 0.25) is 0 Å². The van der Waals surface area contributed by atoms with Gasteiger partial charge in [-0.25, -0.2) is 0 Å². The molecule has 82 valence electrons. The Morgan fingerprint density at radius 2 is 2.13 bits per heavy atom. The van der Waals surface area contributed by atoms with Crippen LogP contribution in [0.1, 0.15) is 55.3 Å². The maximum Gasteiger partial charge on any atom is 0.0320 e. The molecule has 2 rings (SSSR count). The summed E-state index contributed by atoms with van der Waals surface area (Å²) in [5.41, 5.74) is 4.55. The molecule has 0 heterocycles. The number of aryl methyl sites for hydroxylation is 1. The Hall–Kier alpha value is -0.820. The van der Waals surface area contributed by atoms with Gasteiger partial charge in [0.1, 0.15) is 0 Å². The molecule has 0 fully saturated rings. The Balaban J connectivity index is 2.39. The first-order chi connectivity index (χ1) is 7.22. The fraction of sp³-hybridized carbons (Fsp3) is 0.571. The molecule has 1 heteroatoms. The van der Waals surface area contributed by atoms with Gasteiger partial charge in [0.05, 0.1) is 0 Å². The van der Waals surface area contributed by atoms with Gasteiger partial charge in [-0.1, -0.05) is 32.0 Å². The Bertz CT molecular complexity index is 341. The Labute approximate surface area is 92.9 Å². The second-order valence-corrected chi connectivity index (χ2v) is 4.85. The number of fused-ring (bicyclic) bond motifs is 1. The van der Waals surface area contributed by atoms with E-state index in [9.17, 15) is 0 Å². The standard InChI is InChI=1S/C14H21N/c1-10(2)12-8-7-11-5-4-6-14(15-3)13(11)9-12/h7-10,14-15H,4-6H2,1-3H3. The smallest absolute Gasteiger partial charge is 0.0320 e. The van der Waals surface area contributed by atoms with Crippen LogP contribution in [-0.4, -0.2) is 7.05 Å². The van der Waals surface area contributed by atoms with Gasteiger partial charge in [0.15, 0.2) is 0 Å². The molecule has 15 heavy (non-hydrogen) atoms. The fourth-order valence-electron chi connectivity index (χ4n) is 2.48. The van der Waals surface area contributed by atoms with E-state index in [2.05, 4.69) is 44.4 Å². The molecule has 0 spiro atoms. The molecule has 1 aromatic carbocycles. The first kappa shape index (κ1) is 10.7. The van der Waals surface area contributed by atoms with Crippen molar-refractivity contribution in [3.8, 4) is 0 Å². The molecule has 0 radical (unpaired) electrons. The zero-order valence-electron chi connectivity index (χ0n) is 10.0. The molecule has 0 saturated heterocycles. The van der Waals surface area contributed by atoms with Gasteiger partial charge < -0.3 is 5.32 Å². The van der Waals surface area contributed by atoms with Crippen LogP contribution in [0.15, 0.2) is 18.2 Å². The summed E-state index contributed by atoms with van der Waals surface area (Å²) in [6.45, 7) is 4.53. The summed E-state index contributed by atoms with van der Waals surface area (Å²) in [6.07, 6.45) is 3.86. The second-order valence-electron chi connectivity index (χ2n) is 4.85. The minimum absolute atomic E-state index is 0.576. The third-order valence-corrected chi connectivity index (χ3v) is 3.50. The van der Waals surface area contributed by atoms with Crippen LogP contribution in [0, 0.1) is 0 Å². The van der Waals surface area contributed by atoms with Gasteiger partial charge >= 0.3 is 0 Å². The molecule has 1 unspecified atom stereocenters. The van der Waals surface area contributed by atoms with Crippen LogP contribution >= 0.6 is 0 Å². The van der Waals surface area contributed by atoms with E-state index in [1.54, 1.807) is 5.56 Å². The van der Waals surface area contributed by atoms with Crippen molar-refractivity contribution in [1.29, 1.82) is 0 Å². The number of rotatable bonds is 2. The van der Waals surface area contributed by atoms with Crippen LogP contribution < -0.4 is 5.32 Å². The summed E-state index contributed by atoms with van der Waals surface area (Å²) in [6, 6.07) is 7.60. The predicted octanol–water partition coefficient (Wildman–Crippen LogP) is 3.41. The van der Waals surface area contributed by atoms with Crippen molar-refractivity contribution in [1.82, 2.24) is 5.32 Å². The van der Waals surface area contributed by atoms with Crippen molar-refractivity contribution in [2.75, 3.05) is 7.05 Å². The topological polar surface area (TPSA) is 12.0 Å². The van der Waals surface area contributed by atoms with Crippen molar-refractivity contribution < 1.29 is 0 Å². The molecule has 1 N–H and O–H groups in total. The Kier molecular flexibility index (Phi) is 3.11. The quantitative estimate of drug-likeness (QED) is 0.776. The van der Waals surface area contributed by atoms with E-state index in [0.29, 0.717) is 12.0 Å². The lowest BCUT2D eigenvalue weighted by Gasteiger charge is -2.26. The first-order valence-corrected chi connectivity index (χ1v) is 6.02. The monoisotopic (exact) mass is 203 g/mol.